The van der Waals surface area contributed by atoms with Crippen molar-refractivity contribution in [2.45, 2.75) is 38.5 Å². The first-order valence-corrected chi connectivity index (χ1v) is 6.58. The number of fused-ring (bicyclic) bond motifs is 1. The maximum absolute atomic E-state index is 11.6. The quantitative estimate of drug-likeness (QED) is 0.806. The van der Waals surface area contributed by atoms with Gasteiger partial charge in [0.05, 0.1) is 12.0 Å². The molecule has 1 N–H and O–H groups in total. The van der Waals surface area contributed by atoms with Gasteiger partial charge in [0.2, 0.25) is 0 Å². The Bertz CT molecular complexity index is 348. The zero-order valence-electron chi connectivity index (χ0n) is 9.54. The van der Waals surface area contributed by atoms with Gasteiger partial charge in [0, 0.05) is 4.88 Å². The van der Waals surface area contributed by atoms with Crippen LogP contribution in [0.5, 0.6) is 0 Å². The third-order valence-corrected chi connectivity index (χ3v) is 4.15. The Hall–Kier alpha value is -0.870. The van der Waals surface area contributed by atoms with E-state index in [1.165, 1.54) is 43.2 Å². The topological polar surface area (TPSA) is 38.3 Å². The van der Waals surface area contributed by atoms with E-state index in [1.54, 1.807) is 11.3 Å². The fraction of sp³-hybridized carbons (Fsp3) is 0.583. The number of rotatable bonds is 2. The monoisotopic (exact) mass is 239 g/mol. The molecule has 0 fully saturated rings. The van der Waals surface area contributed by atoms with E-state index in [9.17, 15) is 4.79 Å². The van der Waals surface area contributed by atoms with Gasteiger partial charge in [-0.1, -0.05) is 12.8 Å². The number of nitrogens with one attached hydrogen (secondary N) is 1. The van der Waals surface area contributed by atoms with Gasteiger partial charge in [-0.15, -0.1) is 11.3 Å². The van der Waals surface area contributed by atoms with E-state index in [4.69, 9.17) is 0 Å². The van der Waals surface area contributed by atoms with Gasteiger partial charge in [-0.3, -0.25) is 9.63 Å². The van der Waals surface area contributed by atoms with Crippen LogP contribution in [0, 0.1) is 0 Å². The lowest BCUT2D eigenvalue weighted by Gasteiger charge is -2.07. The van der Waals surface area contributed by atoms with Crippen LogP contribution >= 0.6 is 11.3 Å². The minimum Gasteiger partial charge on any atom is -0.277 e. The maximum Gasteiger partial charge on any atom is 0.284 e. The Morgan fingerprint density at radius 2 is 2.06 bits per heavy atom. The summed E-state index contributed by atoms with van der Waals surface area (Å²) in [6.45, 7) is 0. The summed E-state index contributed by atoms with van der Waals surface area (Å²) in [5.74, 6) is -0.126. The van der Waals surface area contributed by atoms with Crippen LogP contribution < -0.4 is 5.48 Å². The van der Waals surface area contributed by atoms with E-state index in [2.05, 4.69) is 10.3 Å². The number of hydroxylamine groups is 1. The molecule has 0 bridgehead atoms. The molecular weight excluding hydrogens is 222 g/mol. The van der Waals surface area contributed by atoms with E-state index in [1.807, 2.05) is 6.07 Å². The summed E-state index contributed by atoms with van der Waals surface area (Å²) < 4.78 is 0. The number of aryl methyl sites for hydroxylation is 2. The smallest absolute Gasteiger partial charge is 0.277 e. The van der Waals surface area contributed by atoms with Crippen LogP contribution in [0.4, 0.5) is 0 Å². The van der Waals surface area contributed by atoms with Gasteiger partial charge < -0.3 is 0 Å². The van der Waals surface area contributed by atoms with Crippen molar-refractivity contribution in [3.05, 3.63) is 21.4 Å². The predicted molar refractivity (Wildman–Crippen MR) is 64.7 cm³/mol. The molecule has 0 saturated carbocycles. The van der Waals surface area contributed by atoms with Gasteiger partial charge in [0.15, 0.2) is 0 Å². The second kappa shape index (κ2) is 5.46. The Morgan fingerprint density at radius 3 is 2.81 bits per heavy atom. The van der Waals surface area contributed by atoms with E-state index in [0.29, 0.717) is 0 Å². The largest absolute Gasteiger partial charge is 0.284 e. The number of carbonyl (C=O) groups excluding carboxylic acids is 1. The molecule has 0 atom stereocenters. The van der Waals surface area contributed by atoms with Gasteiger partial charge in [0.25, 0.3) is 5.91 Å². The van der Waals surface area contributed by atoms with Gasteiger partial charge in [-0.2, -0.15) is 0 Å². The molecule has 1 heterocycles. The Balaban J connectivity index is 2.17. The first-order valence-electron chi connectivity index (χ1n) is 5.76. The van der Waals surface area contributed by atoms with Crippen molar-refractivity contribution in [2.75, 3.05) is 7.11 Å². The summed E-state index contributed by atoms with van der Waals surface area (Å²) in [6.07, 6.45) is 7.37. The summed E-state index contributed by atoms with van der Waals surface area (Å²) in [7, 11) is 1.46. The van der Waals surface area contributed by atoms with Crippen molar-refractivity contribution >= 4 is 17.2 Å². The molecule has 4 heteroatoms. The number of thiophene rings is 1. The van der Waals surface area contributed by atoms with Crippen molar-refractivity contribution in [3.63, 3.8) is 0 Å². The Labute approximate surface area is 99.8 Å². The first kappa shape index (κ1) is 11.6. The number of amides is 1. The molecule has 0 aliphatic heterocycles. The summed E-state index contributed by atoms with van der Waals surface area (Å²) in [6, 6.07) is 2.03. The molecule has 1 aromatic rings. The van der Waals surface area contributed by atoms with Crippen LogP contribution in [-0.4, -0.2) is 13.0 Å². The minimum atomic E-state index is -0.126. The summed E-state index contributed by atoms with van der Waals surface area (Å²) in [5, 5.41) is 0. The second-order valence-corrected chi connectivity index (χ2v) is 5.25. The molecule has 0 spiro atoms. The minimum absolute atomic E-state index is 0.126. The number of carbonyl (C=O) groups is 1. The van der Waals surface area contributed by atoms with Crippen LogP contribution in [0.1, 0.15) is 45.8 Å². The highest BCUT2D eigenvalue weighted by Crippen LogP contribution is 2.28. The molecule has 88 valence electrons. The Kier molecular flexibility index (Phi) is 3.96. The highest BCUT2D eigenvalue weighted by Gasteiger charge is 2.15. The lowest BCUT2D eigenvalue weighted by Crippen LogP contribution is -2.20. The van der Waals surface area contributed by atoms with Gasteiger partial charge >= 0.3 is 0 Å². The highest BCUT2D eigenvalue weighted by atomic mass is 32.1. The fourth-order valence-electron chi connectivity index (χ4n) is 2.10. The zero-order chi connectivity index (χ0) is 11.4. The van der Waals surface area contributed by atoms with Crippen molar-refractivity contribution in [3.8, 4) is 0 Å². The first-order chi connectivity index (χ1) is 7.81. The highest BCUT2D eigenvalue weighted by molar-refractivity contribution is 7.14. The summed E-state index contributed by atoms with van der Waals surface area (Å²) >= 11 is 1.61. The molecule has 0 radical (unpaired) electrons. The Morgan fingerprint density at radius 1 is 1.31 bits per heavy atom. The number of hydrogen-bond donors (Lipinski definition) is 1. The standard InChI is InChI=1S/C12H17NO2S/c1-15-13-12(14)11-8-9-6-4-2-3-5-7-10(9)16-11/h8H,2-7H2,1H3,(H,13,14). The van der Waals surface area contributed by atoms with Crippen LogP contribution in [0.2, 0.25) is 0 Å². The van der Waals surface area contributed by atoms with Crippen molar-refractivity contribution < 1.29 is 9.63 Å². The molecule has 2 rings (SSSR count). The lowest BCUT2D eigenvalue weighted by atomic mass is 10.00. The average Bonchev–Trinajstić information content (AvgIpc) is 2.61. The molecular formula is C12H17NO2S. The molecule has 0 unspecified atom stereocenters. The molecule has 16 heavy (non-hydrogen) atoms. The van der Waals surface area contributed by atoms with Crippen molar-refractivity contribution in [1.82, 2.24) is 5.48 Å². The van der Waals surface area contributed by atoms with E-state index < -0.39 is 0 Å². The van der Waals surface area contributed by atoms with Crippen LogP contribution in [0.25, 0.3) is 0 Å². The zero-order valence-corrected chi connectivity index (χ0v) is 10.4. The molecule has 1 amide bonds. The molecule has 0 saturated heterocycles. The van der Waals surface area contributed by atoms with Crippen LogP contribution in [-0.2, 0) is 17.7 Å². The lowest BCUT2D eigenvalue weighted by molar-refractivity contribution is 0.0542. The van der Waals surface area contributed by atoms with Gasteiger partial charge in [-0.05, 0) is 37.3 Å². The molecule has 1 aliphatic rings. The maximum atomic E-state index is 11.6. The van der Waals surface area contributed by atoms with Gasteiger partial charge in [0.1, 0.15) is 0 Å². The summed E-state index contributed by atoms with van der Waals surface area (Å²) in [4.78, 5) is 18.4. The third-order valence-electron chi connectivity index (χ3n) is 2.92. The predicted octanol–water partition coefficient (Wildman–Crippen LogP) is 2.70. The van der Waals surface area contributed by atoms with Crippen LogP contribution in [0.3, 0.4) is 0 Å². The molecule has 0 aromatic carbocycles. The van der Waals surface area contributed by atoms with Gasteiger partial charge in [-0.25, -0.2) is 5.48 Å². The normalized spacial score (nSPS) is 16.1. The molecule has 3 nitrogen and oxygen atoms in total. The second-order valence-electron chi connectivity index (χ2n) is 4.11. The van der Waals surface area contributed by atoms with Crippen molar-refractivity contribution in [1.29, 1.82) is 0 Å². The van der Waals surface area contributed by atoms with Crippen LogP contribution in [0.15, 0.2) is 6.07 Å². The fourth-order valence-corrected chi connectivity index (χ4v) is 3.24. The average molecular weight is 239 g/mol. The third kappa shape index (κ3) is 2.62. The number of hydrogen-bond acceptors (Lipinski definition) is 3. The van der Waals surface area contributed by atoms with E-state index in [-0.39, 0.29) is 5.91 Å². The van der Waals surface area contributed by atoms with E-state index in [0.717, 1.165) is 17.7 Å². The van der Waals surface area contributed by atoms with E-state index >= 15 is 0 Å². The van der Waals surface area contributed by atoms with Crippen molar-refractivity contribution in [2.24, 2.45) is 0 Å². The molecule has 1 aromatic heterocycles. The molecule has 1 aliphatic carbocycles. The summed E-state index contributed by atoms with van der Waals surface area (Å²) in [5.41, 5.74) is 3.74. The SMILES string of the molecule is CONC(=O)c1cc2c(s1)CCCCCC2.